The van der Waals surface area contributed by atoms with E-state index < -0.39 is 17.6 Å². The van der Waals surface area contributed by atoms with Crippen LogP contribution in [0.4, 0.5) is 10.1 Å². The zero-order chi connectivity index (χ0) is 19.3. The number of hydrogen-bond acceptors (Lipinski definition) is 2. The van der Waals surface area contributed by atoms with Gasteiger partial charge in [-0.05, 0) is 42.8 Å². The molecule has 4 nitrogen and oxygen atoms in total. The number of amides is 2. The summed E-state index contributed by atoms with van der Waals surface area (Å²) in [6.07, 6.45) is 0.596. The molecule has 0 aliphatic heterocycles. The SMILES string of the molecule is CCCN(CC(=O)Nc1cc(Cl)ccc1Cl)C(=O)c1cc(Cl)ccc1F. The Morgan fingerprint density at radius 2 is 1.73 bits per heavy atom. The van der Waals surface area contributed by atoms with Crippen LogP contribution in [0.2, 0.25) is 15.1 Å². The van der Waals surface area contributed by atoms with E-state index in [4.69, 9.17) is 34.8 Å². The number of nitrogens with one attached hydrogen (secondary N) is 1. The van der Waals surface area contributed by atoms with E-state index in [2.05, 4.69) is 5.32 Å². The molecule has 26 heavy (non-hydrogen) atoms. The third-order valence-corrected chi connectivity index (χ3v) is 4.28. The van der Waals surface area contributed by atoms with Gasteiger partial charge < -0.3 is 10.2 Å². The maximum absolute atomic E-state index is 14.0. The lowest BCUT2D eigenvalue weighted by Crippen LogP contribution is -2.39. The van der Waals surface area contributed by atoms with Crippen LogP contribution < -0.4 is 5.32 Å². The molecule has 1 N–H and O–H groups in total. The van der Waals surface area contributed by atoms with Crippen molar-refractivity contribution in [3.8, 4) is 0 Å². The quantitative estimate of drug-likeness (QED) is 0.695. The highest BCUT2D eigenvalue weighted by molar-refractivity contribution is 6.35. The summed E-state index contributed by atoms with van der Waals surface area (Å²) in [5.74, 6) is -1.78. The van der Waals surface area contributed by atoms with Crippen LogP contribution in [0.1, 0.15) is 23.7 Å². The second-order valence-electron chi connectivity index (χ2n) is 5.52. The number of benzene rings is 2. The van der Waals surface area contributed by atoms with Crippen LogP contribution in [0, 0.1) is 5.82 Å². The van der Waals surface area contributed by atoms with E-state index in [0.29, 0.717) is 22.2 Å². The van der Waals surface area contributed by atoms with Gasteiger partial charge in [0.1, 0.15) is 12.4 Å². The summed E-state index contributed by atoms with van der Waals surface area (Å²) < 4.78 is 14.0. The predicted molar refractivity (Wildman–Crippen MR) is 103 cm³/mol. The van der Waals surface area contributed by atoms with Gasteiger partial charge in [-0.2, -0.15) is 0 Å². The highest BCUT2D eigenvalue weighted by atomic mass is 35.5. The second kappa shape index (κ2) is 9.21. The van der Waals surface area contributed by atoms with Crippen molar-refractivity contribution in [3.05, 3.63) is 62.8 Å². The first-order chi connectivity index (χ1) is 12.3. The Labute approximate surface area is 165 Å². The van der Waals surface area contributed by atoms with Gasteiger partial charge in [0, 0.05) is 16.6 Å². The monoisotopic (exact) mass is 416 g/mol. The summed E-state index contributed by atoms with van der Waals surface area (Å²) in [5, 5.41) is 3.57. The minimum atomic E-state index is -0.696. The highest BCUT2D eigenvalue weighted by Gasteiger charge is 2.22. The molecule has 0 aliphatic rings. The number of rotatable bonds is 6. The van der Waals surface area contributed by atoms with Crippen molar-refractivity contribution in [1.82, 2.24) is 4.90 Å². The molecule has 0 fully saturated rings. The zero-order valence-electron chi connectivity index (χ0n) is 13.9. The molecule has 0 atom stereocenters. The average molecular weight is 418 g/mol. The minimum absolute atomic E-state index is 0.181. The van der Waals surface area contributed by atoms with E-state index in [0.717, 1.165) is 6.07 Å². The fourth-order valence-corrected chi connectivity index (χ4v) is 2.82. The Kier molecular flexibility index (Phi) is 7.26. The molecule has 2 amide bonds. The lowest BCUT2D eigenvalue weighted by Gasteiger charge is -2.22. The standard InChI is InChI=1S/C18H16Cl3FN2O2/c1-2-7-24(18(26)13-8-11(19)4-6-15(13)22)10-17(25)23-16-9-12(20)3-5-14(16)21/h3-6,8-9H,2,7,10H2,1H3,(H,23,25). The molecular formula is C18H16Cl3FN2O2. The maximum atomic E-state index is 14.0. The number of nitrogens with zero attached hydrogens (tertiary/aromatic N) is 1. The number of hydrogen-bond donors (Lipinski definition) is 1. The molecule has 0 heterocycles. The fourth-order valence-electron chi connectivity index (χ4n) is 2.31. The fraction of sp³-hybridized carbons (Fsp3) is 0.222. The van der Waals surface area contributed by atoms with Crippen LogP contribution in [0.15, 0.2) is 36.4 Å². The third kappa shape index (κ3) is 5.34. The molecule has 0 radical (unpaired) electrons. The number of carbonyl (C=O) groups excluding carboxylic acids is 2. The molecule has 2 aromatic carbocycles. The average Bonchev–Trinajstić information content (AvgIpc) is 2.59. The summed E-state index contributed by atoms with van der Waals surface area (Å²) in [6, 6.07) is 8.36. The van der Waals surface area contributed by atoms with Crippen molar-refractivity contribution in [2.45, 2.75) is 13.3 Å². The van der Waals surface area contributed by atoms with Gasteiger partial charge in [0.25, 0.3) is 5.91 Å². The molecule has 0 spiro atoms. The Morgan fingerprint density at radius 1 is 1.08 bits per heavy atom. The topological polar surface area (TPSA) is 49.4 Å². The summed E-state index contributed by atoms with van der Waals surface area (Å²) in [5.41, 5.74) is 0.154. The van der Waals surface area contributed by atoms with Gasteiger partial charge >= 0.3 is 0 Å². The largest absolute Gasteiger partial charge is 0.329 e. The highest BCUT2D eigenvalue weighted by Crippen LogP contribution is 2.25. The van der Waals surface area contributed by atoms with Crippen LogP contribution in [-0.2, 0) is 4.79 Å². The van der Waals surface area contributed by atoms with Crippen molar-refractivity contribution < 1.29 is 14.0 Å². The first-order valence-corrected chi connectivity index (χ1v) is 8.94. The van der Waals surface area contributed by atoms with Crippen LogP contribution in [-0.4, -0.2) is 29.8 Å². The van der Waals surface area contributed by atoms with E-state index in [9.17, 15) is 14.0 Å². The molecular weight excluding hydrogens is 402 g/mol. The van der Waals surface area contributed by atoms with Crippen molar-refractivity contribution >= 4 is 52.3 Å². The molecule has 2 rings (SSSR count). The summed E-state index contributed by atoms with van der Waals surface area (Å²) in [6.45, 7) is 1.86. The van der Waals surface area contributed by atoms with E-state index in [1.54, 1.807) is 12.1 Å². The van der Waals surface area contributed by atoms with Gasteiger partial charge in [-0.25, -0.2) is 4.39 Å². The van der Waals surface area contributed by atoms with Crippen molar-refractivity contribution in [1.29, 1.82) is 0 Å². The molecule has 138 valence electrons. The van der Waals surface area contributed by atoms with Gasteiger partial charge in [0.15, 0.2) is 0 Å². The zero-order valence-corrected chi connectivity index (χ0v) is 16.1. The molecule has 0 aliphatic carbocycles. The van der Waals surface area contributed by atoms with E-state index >= 15 is 0 Å². The lowest BCUT2D eigenvalue weighted by atomic mass is 10.1. The van der Waals surface area contributed by atoms with Crippen LogP contribution in [0.5, 0.6) is 0 Å². The maximum Gasteiger partial charge on any atom is 0.257 e. The smallest absolute Gasteiger partial charge is 0.257 e. The van der Waals surface area contributed by atoms with Gasteiger partial charge in [-0.3, -0.25) is 9.59 Å². The lowest BCUT2D eigenvalue weighted by molar-refractivity contribution is -0.116. The Bertz CT molecular complexity index is 830. The number of halogens is 4. The van der Waals surface area contributed by atoms with Gasteiger partial charge in [-0.15, -0.1) is 0 Å². The second-order valence-corrected chi connectivity index (χ2v) is 6.80. The van der Waals surface area contributed by atoms with Gasteiger partial charge in [-0.1, -0.05) is 41.7 Å². The first kappa shape index (κ1) is 20.5. The molecule has 0 saturated heterocycles. The molecule has 0 bridgehead atoms. The predicted octanol–water partition coefficient (Wildman–Crippen LogP) is 5.28. The third-order valence-electron chi connectivity index (χ3n) is 3.48. The summed E-state index contributed by atoms with van der Waals surface area (Å²) >= 11 is 17.8. The number of anilines is 1. The summed E-state index contributed by atoms with van der Waals surface area (Å²) in [7, 11) is 0. The minimum Gasteiger partial charge on any atom is -0.329 e. The molecule has 2 aromatic rings. The van der Waals surface area contributed by atoms with Gasteiger partial charge in [0.2, 0.25) is 5.91 Å². The van der Waals surface area contributed by atoms with Crippen molar-refractivity contribution in [2.75, 3.05) is 18.4 Å². The molecule has 0 unspecified atom stereocenters. The van der Waals surface area contributed by atoms with E-state index in [1.165, 1.54) is 23.1 Å². The van der Waals surface area contributed by atoms with Crippen molar-refractivity contribution in [2.24, 2.45) is 0 Å². The molecule has 0 aromatic heterocycles. The molecule has 8 heteroatoms. The van der Waals surface area contributed by atoms with Crippen LogP contribution in [0.3, 0.4) is 0 Å². The Balaban J connectivity index is 2.16. The number of carbonyl (C=O) groups is 2. The van der Waals surface area contributed by atoms with Crippen LogP contribution in [0.25, 0.3) is 0 Å². The molecule has 0 saturated carbocycles. The van der Waals surface area contributed by atoms with E-state index in [-0.39, 0.29) is 23.7 Å². The summed E-state index contributed by atoms with van der Waals surface area (Å²) in [4.78, 5) is 26.2. The normalized spacial score (nSPS) is 10.5. The van der Waals surface area contributed by atoms with Gasteiger partial charge in [0.05, 0.1) is 16.3 Å². The first-order valence-electron chi connectivity index (χ1n) is 7.81. The Hall–Kier alpha value is -1.82. The van der Waals surface area contributed by atoms with E-state index in [1.807, 2.05) is 6.92 Å². The van der Waals surface area contributed by atoms with Crippen molar-refractivity contribution in [3.63, 3.8) is 0 Å². The Morgan fingerprint density at radius 3 is 2.42 bits per heavy atom. The van der Waals surface area contributed by atoms with Crippen LogP contribution >= 0.6 is 34.8 Å².